The van der Waals surface area contributed by atoms with Crippen LogP contribution in [0.25, 0.3) is 0 Å². The topological polar surface area (TPSA) is 74.8 Å². The molecule has 2 saturated heterocycles. The van der Waals surface area contributed by atoms with Crippen LogP contribution in [0.1, 0.15) is 64.2 Å². The first-order chi connectivity index (χ1) is 10.2. The maximum absolute atomic E-state index is 8.09. The fraction of sp³-hybridized carbons (Fsp3) is 1.00. The van der Waals surface area contributed by atoms with Gasteiger partial charge in [0.1, 0.15) is 12.2 Å². The van der Waals surface area contributed by atoms with E-state index in [4.69, 9.17) is 24.4 Å². The number of hydrogen-bond acceptors (Lipinski definition) is 5. The molecule has 0 radical (unpaired) electrons. The van der Waals surface area contributed by atoms with Gasteiger partial charge in [-0.3, -0.25) is 0 Å². The van der Waals surface area contributed by atoms with Crippen molar-refractivity contribution in [2.75, 3.05) is 13.2 Å². The van der Waals surface area contributed by atoms with Crippen LogP contribution in [0.2, 0.25) is 0 Å². The average molecular weight is 300 g/mol. The summed E-state index contributed by atoms with van der Waals surface area (Å²) < 4.78 is 17.7. The monoisotopic (exact) mass is 300 g/mol. The number of rotatable bonds is 5. The Labute approximate surface area is 126 Å². The Morgan fingerprint density at radius 3 is 1.67 bits per heavy atom. The van der Waals surface area contributed by atoms with Crippen molar-refractivity contribution >= 4 is 0 Å². The van der Waals surface area contributed by atoms with Crippen LogP contribution in [-0.4, -0.2) is 47.2 Å². The first kappa shape index (κ1) is 15.7. The summed E-state index contributed by atoms with van der Waals surface area (Å²) in [6, 6.07) is 0. The maximum Gasteiger partial charge on any atom is 0.198 e. The number of epoxide rings is 2. The molecule has 0 bridgehead atoms. The van der Waals surface area contributed by atoms with Crippen LogP contribution < -0.4 is 0 Å². The highest BCUT2D eigenvalue weighted by molar-refractivity contribution is 5.05. The van der Waals surface area contributed by atoms with Crippen molar-refractivity contribution < 1.29 is 24.4 Å². The number of aliphatic hydroxyl groups excluding tert-OH is 2. The van der Waals surface area contributed by atoms with E-state index in [2.05, 4.69) is 0 Å². The molecule has 4 rings (SSSR count). The average Bonchev–Trinajstić information content (AvgIpc) is 3.38. The number of aliphatic hydroxyl groups is 2. The Balaban J connectivity index is 0.000000192. The van der Waals surface area contributed by atoms with Crippen molar-refractivity contribution in [3.05, 3.63) is 0 Å². The number of hydrogen-bond donors (Lipinski definition) is 2. The van der Waals surface area contributed by atoms with Gasteiger partial charge in [-0.25, -0.2) is 0 Å². The van der Waals surface area contributed by atoms with E-state index in [-0.39, 0.29) is 24.8 Å². The number of fused-ring (bicyclic) bond motifs is 2. The summed E-state index contributed by atoms with van der Waals surface area (Å²) in [6.07, 6.45) is 11.8. The molecule has 4 atom stereocenters. The number of ether oxygens (including phenoxy) is 3. The van der Waals surface area contributed by atoms with Crippen LogP contribution in [0.3, 0.4) is 0 Å². The molecule has 122 valence electrons. The summed E-state index contributed by atoms with van der Waals surface area (Å²) in [5, 5.41) is 16.2. The van der Waals surface area contributed by atoms with E-state index in [0.717, 1.165) is 25.7 Å². The highest BCUT2D eigenvalue weighted by Gasteiger charge is 2.69. The largest absolute Gasteiger partial charge is 0.396 e. The third-order valence-corrected chi connectivity index (χ3v) is 4.95. The zero-order valence-electron chi connectivity index (χ0n) is 12.8. The van der Waals surface area contributed by atoms with Gasteiger partial charge in [-0.15, -0.1) is 0 Å². The lowest BCUT2D eigenvalue weighted by atomic mass is 9.95. The van der Waals surface area contributed by atoms with E-state index >= 15 is 0 Å². The molecule has 0 amide bonds. The predicted molar refractivity (Wildman–Crippen MR) is 76.6 cm³/mol. The molecule has 2 heterocycles. The van der Waals surface area contributed by atoms with E-state index in [1.54, 1.807) is 0 Å². The zero-order valence-corrected chi connectivity index (χ0v) is 12.8. The summed E-state index contributed by atoms with van der Waals surface area (Å²) in [6.45, 7) is 0.390. The second-order valence-corrected chi connectivity index (χ2v) is 6.58. The van der Waals surface area contributed by atoms with Gasteiger partial charge in [-0.2, -0.15) is 0 Å². The Bertz CT molecular complexity index is 318. The summed E-state index contributed by atoms with van der Waals surface area (Å²) in [5.74, 6) is -0.436. The summed E-state index contributed by atoms with van der Waals surface area (Å²) >= 11 is 0. The molecule has 2 aliphatic carbocycles. The second-order valence-electron chi connectivity index (χ2n) is 6.58. The lowest BCUT2D eigenvalue weighted by Crippen LogP contribution is -2.34. The van der Waals surface area contributed by atoms with Gasteiger partial charge in [0.15, 0.2) is 11.6 Å². The minimum atomic E-state index is -0.218. The maximum atomic E-state index is 8.09. The van der Waals surface area contributed by atoms with Gasteiger partial charge < -0.3 is 24.4 Å². The van der Waals surface area contributed by atoms with Gasteiger partial charge in [0.2, 0.25) is 0 Å². The standard InChI is InChI=1S/C12H18O3.C4H10O2/c1-3-7-11(9(5-1)13-11)15-12-8-4-2-6-10(12)14-12;5-3-1-2-4-6/h9-10H,1-8H2;5-6H,1-4H2. The molecule has 4 unspecified atom stereocenters. The molecule has 0 aromatic rings. The van der Waals surface area contributed by atoms with Crippen LogP contribution >= 0.6 is 0 Å². The third kappa shape index (κ3) is 3.42. The fourth-order valence-corrected chi connectivity index (χ4v) is 3.61. The lowest BCUT2D eigenvalue weighted by Gasteiger charge is -2.24. The first-order valence-corrected chi connectivity index (χ1v) is 8.52. The molecular weight excluding hydrogens is 272 g/mol. The fourth-order valence-electron chi connectivity index (χ4n) is 3.61. The van der Waals surface area contributed by atoms with Crippen LogP contribution in [0.5, 0.6) is 0 Å². The van der Waals surface area contributed by atoms with E-state index < -0.39 is 0 Å². The van der Waals surface area contributed by atoms with Gasteiger partial charge in [-0.05, 0) is 38.5 Å². The lowest BCUT2D eigenvalue weighted by molar-refractivity contribution is -0.159. The second kappa shape index (κ2) is 6.50. The molecule has 21 heavy (non-hydrogen) atoms. The van der Waals surface area contributed by atoms with E-state index in [1.165, 1.54) is 38.5 Å². The SMILES string of the molecule is C1CCC2(OC34CCCCC3O4)OC2C1.OCCCCO. The quantitative estimate of drug-likeness (QED) is 0.601. The molecule has 0 aromatic heterocycles. The van der Waals surface area contributed by atoms with Crippen LogP contribution in [-0.2, 0) is 14.2 Å². The molecular formula is C16H28O5. The molecule has 2 saturated carbocycles. The molecule has 5 heteroatoms. The first-order valence-electron chi connectivity index (χ1n) is 8.52. The molecule has 4 fully saturated rings. The van der Waals surface area contributed by atoms with Crippen molar-refractivity contribution in [3.63, 3.8) is 0 Å². The minimum Gasteiger partial charge on any atom is -0.396 e. The molecule has 0 aromatic carbocycles. The third-order valence-electron chi connectivity index (χ3n) is 4.95. The van der Waals surface area contributed by atoms with E-state index in [0.29, 0.717) is 12.2 Å². The Morgan fingerprint density at radius 2 is 1.29 bits per heavy atom. The number of unbranched alkanes of at least 4 members (excludes halogenated alkanes) is 1. The van der Waals surface area contributed by atoms with Crippen molar-refractivity contribution in [2.45, 2.75) is 88.0 Å². The van der Waals surface area contributed by atoms with Crippen molar-refractivity contribution in [3.8, 4) is 0 Å². The predicted octanol–water partition coefficient (Wildman–Crippen LogP) is 2.09. The zero-order chi connectivity index (χ0) is 14.8. The Hall–Kier alpha value is -0.200. The van der Waals surface area contributed by atoms with Crippen molar-refractivity contribution in [1.29, 1.82) is 0 Å². The van der Waals surface area contributed by atoms with E-state index in [1.807, 2.05) is 0 Å². The van der Waals surface area contributed by atoms with Crippen LogP contribution in [0.15, 0.2) is 0 Å². The Morgan fingerprint density at radius 1 is 0.810 bits per heavy atom. The van der Waals surface area contributed by atoms with Gasteiger partial charge in [0.05, 0.1) is 0 Å². The van der Waals surface area contributed by atoms with Crippen molar-refractivity contribution in [2.24, 2.45) is 0 Å². The van der Waals surface area contributed by atoms with Crippen LogP contribution in [0, 0.1) is 0 Å². The van der Waals surface area contributed by atoms with Gasteiger partial charge in [0, 0.05) is 26.1 Å². The normalized spacial score (nSPS) is 43.1. The highest BCUT2D eigenvalue weighted by atomic mass is 16.9. The molecule has 4 aliphatic rings. The van der Waals surface area contributed by atoms with Crippen molar-refractivity contribution in [1.82, 2.24) is 0 Å². The van der Waals surface area contributed by atoms with Crippen LogP contribution in [0.4, 0.5) is 0 Å². The molecule has 2 aliphatic heterocycles. The van der Waals surface area contributed by atoms with E-state index in [9.17, 15) is 0 Å². The Kier molecular flexibility index (Phi) is 4.86. The molecule has 2 N–H and O–H groups in total. The summed E-state index contributed by atoms with van der Waals surface area (Å²) in [7, 11) is 0. The summed E-state index contributed by atoms with van der Waals surface area (Å²) in [5.41, 5.74) is 0. The highest BCUT2D eigenvalue weighted by Crippen LogP contribution is 2.58. The molecule has 0 spiro atoms. The summed E-state index contributed by atoms with van der Waals surface area (Å²) in [4.78, 5) is 0. The smallest absolute Gasteiger partial charge is 0.198 e. The van der Waals surface area contributed by atoms with Gasteiger partial charge >= 0.3 is 0 Å². The minimum absolute atomic E-state index is 0.195. The van der Waals surface area contributed by atoms with Gasteiger partial charge in [0.25, 0.3) is 0 Å². The molecule has 5 nitrogen and oxygen atoms in total. The van der Waals surface area contributed by atoms with Gasteiger partial charge in [-0.1, -0.05) is 12.8 Å².